The van der Waals surface area contributed by atoms with Crippen LogP contribution >= 0.6 is 22.9 Å². The number of sulfonamides is 1. The Morgan fingerprint density at radius 3 is 2.55 bits per heavy atom. The monoisotopic (exact) mass is 480 g/mol. The van der Waals surface area contributed by atoms with Crippen molar-refractivity contribution in [3.8, 4) is 5.75 Å². The van der Waals surface area contributed by atoms with Crippen LogP contribution in [-0.4, -0.2) is 31.1 Å². The first-order valence-electron chi connectivity index (χ1n) is 9.51. The summed E-state index contributed by atoms with van der Waals surface area (Å²) in [5.74, 6) is 0.0667. The number of nitrogens with one attached hydrogen (secondary N) is 2. The van der Waals surface area contributed by atoms with Gasteiger partial charge in [0.1, 0.15) is 10.8 Å². The minimum Gasteiger partial charge on any atom is -0.494 e. The van der Waals surface area contributed by atoms with E-state index in [4.69, 9.17) is 16.3 Å². The van der Waals surface area contributed by atoms with Crippen molar-refractivity contribution in [1.82, 2.24) is 10.2 Å². The van der Waals surface area contributed by atoms with Gasteiger partial charge in [-0.1, -0.05) is 29.9 Å². The molecule has 2 N–H and O–H groups in total. The summed E-state index contributed by atoms with van der Waals surface area (Å²) in [5.41, 5.74) is 0.380. The van der Waals surface area contributed by atoms with Gasteiger partial charge in [-0.05, 0) is 55.8 Å². The number of aromatic nitrogens is 2. The Hall–Kier alpha value is -2.69. The minimum absolute atomic E-state index is 0.0171. The number of amides is 1. The van der Waals surface area contributed by atoms with Crippen LogP contribution in [0.15, 0.2) is 47.4 Å². The summed E-state index contributed by atoms with van der Waals surface area (Å²) >= 11 is 7.41. The number of anilines is 2. The largest absolute Gasteiger partial charge is 0.494 e. The number of benzene rings is 2. The second-order valence-corrected chi connectivity index (χ2v) is 9.56. The lowest BCUT2D eigenvalue weighted by Gasteiger charge is -2.11. The normalized spacial score (nSPS) is 11.2. The van der Waals surface area contributed by atoms with Gasteiger partial charge in [0.2, 0.25) is 5.13 Å². The third kappa shape index (κ3) is 5.93. The highest BCUT2D eigenvalue weighted by Crippen LogP contribution is 2.25. The number of carbonyl (C=O) groups excluding carboxylic acids is 1. The Balaban J connectivity index is 1.78. The molecule has 0 saturated heterocycles. The van der Waals surface area contributed by atoms with Gasteiger partial charge >= 0.3 is 0 Å². The molecule has 11 heteroatoms. The summed E-state index contributed by atoms with van der Waals surface area (Å²) < 4.78 is 33.4. The predicted molar refractivity (Wildman–Crippen MR) is 122 cm³/mol. The van der Waals surface area contributed by atoms with E-state index >= 15 is 0 Å². The lowest BCUT2D eigenvalue weighted by atomic mass is 10.2. The van der Waals surface area contributed by atoms with E-state index in [0.29, 0.717) is 23.2 Å². The minimum atomic E-state index is -3.94. The predicted octanol–water partition coefficient (Wildman–Crippen LogP) is 4.60. The number of hydrogen-bond acceptors (Lipinski definition) is 7. The Morgan fingerprint density at radius 2 is 1.87 bits per heavy atom. The maximum absolute atomic E-state index is 12.8. The van der Waals surface area contributed by atoms with Crippen molar-refractivity contribution in [2.75, 3.05) is 16.6 Å². The molecule has 0 fully saturated rings. The molecular formula is C20H21ClN4O4S2. The number of halogens is 1. The molecule has 0 saturated carbocycles. The molecule has 8 nitrogen and oxygen atoms in total. The van der Waals surface area contributed by atoms with Crippen molar-refractivity contribution in [2.45, 2.75) is 31.6 Å². The van der Waals surface area contributed by atoms with Crippen LogP contribution < -0.4 is 14.8 Å². The average molecular weight is 481 g/mol. The fourth-order valence-corrected chi connectivity index (χ4v) is 4.75. The molecule has 31 heavy (non-hydrogen) atoms. The van der Waals surface area contributed by atoms with Crippen LogP contribution in [-0.2, 0) is 16.4 Å². The third-order valence-electron chi connectivity index (χ3n) is 4.06. The maximum atomic E-state index is 12.8. The summed E-state index contributed by atoms with van der Waals surface area (Å²) in [4.78, 5) is 12.6. The number of nitrogens with zero attached hydrogens (tertiary/aromatic N) is 2. The second-order valence-electron chi connectivity index (χ2n) is 6.41. The number of hydrogen-bond donors (Lipinski definition) is 2. The van der Waals surface area contributed by atoms with Crippen LogP contribution in [0.1, 0.15) is 35.6 Å². The molecule has 1 aromatic heterocycles. The second kappa shape index (κ2) is 10.1. The molecule has 0 spiro atoms. The highest BCUT2D eigenvalue weighted by atomic mass is 35.5. The van der Waals surface area contributed by atoms with Gasteiger partial charge in [0.05, 0.1) is 22.1 Å². The zero-order valence-corrected chi connectivity index (χ0v) is 19.3. The summed E-state index contributed by atoms with van der Waals surface area (Å²) in [6.45, 7) is 4.39. The van der Waals surface area contributed by atoms with Crippen LogP contribution in [0.2, 0.25) is 5.02 Å². The van der Waals surface area contributed by atoms with Crippen LogP contribution in [0, 0.1) is 0 Å². The molecule has 0 aliphatic carbocycles. The summed E-state index contributed by atoms with van der Waals surface area (Å²) in [6.07, 6.45) is 1.68. The molecule has 0 unspecified atom stereocenters. The molecule has 0 radical (unpaired) electrons. The third-order valence-corrected chi connectivity index (χ3v) is 6.67. The molecule has 164 valence electrons. The van der Waals surface area contributed by atoms with Gasteiger partial charge in [0.25, 0.3) is 15.9 Å². The summed E-state index contributed by atoms with van der Waals surface area (Å²) in [6, 6.07) is 10.4. The van der Waals surface area contributed by atoms with Crippen LogP contribution in [0.3, 0.4) is 0 Å². The van der Waals surface area contributed by atoms with Crippen LogP contribution in [0.4, 0.5) is 10.8 Å². The number of ether oxygens (including phenoxy) is 1. The van der Waals surface area contributed by atoms with Gasteiger partial charge in [-0.25, -0.2) is 8.42 Å². The van der Waals surface area contributed by atoms with Gasteiger partial charge in [-0.2, -0.15) is 0 Å². The summed E-state index contributed by atoms with van der Waals surface area (Å²) in [5, 5.41) is 11.8. The van der Waals surface area contributed by atoms with Gasteiger partial charge in [-0.15, -0.1) is 10.2 Å². The van der Waals surface area contributed by atoms with Crippen molar-refractivity contribution in [3.05, 3.63) is 58.1 Å². The first kappa shape index (κ1) is 23.0. The van der Waals surface area contributed by atoms with Crippen molar-refractivity contribution < 1.29 is 17.9 Å². The highest BCUT2D eigenvalue weighted by Gasteiger charge is 2.20. The maximum Gasteiger partial charge on any atom is 0.261 e. The SMILES string of the molecule is CCCc1nnc(NC(=O)c2cc(S(=O)(=O)Nc3ccc(OCC)cc3)ccc2Cl)s1. The van der Waals surface area contributed by atoms with Crippen molar-refractivity contribution >= 4 is 49.7 Å². The van der Waals surface area contributed by atoms with E-state index in [0.717, 1.165) is 17.8 Å². The zero-order valence-electron chi connectivity index (χ0n) is 16.9. The van der Waals surface area contributed by atoms with E-state index in [1.165, 1.54) is 29.5 Å². The lowest BCUT2D eigenvalue weighted by molar-refractivity contribution is 0.102. The first-order chi connectivity index (χ1) is 14.8. The molecule has 3 aromatic rings. The van der Waals surface area contributed by atoms with Gasteiger partial charge in [-0.3, -0.25) is 14.8 Å². The molecule has 0 atom stereocenters. The zero-order chi connectivity index (χ0) is 22.4. The fourth-order valence-electron chi connectivity index (χ4n) is 2.63. The smallest absolute Gasteiger partial charge is 0.261 e. The molecule has 0 aliphatic heterocycles. The molecule has 0 aliphatic rings. The van der Waals surface area contributed by atoms with Crippen molar-refractivity contribution in [1.29, 1.82) is 0 Å². The van der Waals surface area contributed by atoms with E-state index in [1.807, 2.05) is 13.8 Å². The summed E-state index contributed by atoms with van der Waals surface area (Å²) in [7, 11) is -3.94. The quantitative estimate of drug-likeness (QED) is 0.463. The topological polar surface area (TPSA) is 110 Å². The first-order valence-corrected chi connectivity index (χ1v) is 12.2. The van der Waals surface area contributed by atoms with E-state index < -0.39 is 15.9 Å². The molecule has 1 amide bonds. The molecular weight excluding hydrogens is 460 g/mol. The van der Waals surface area contributed by atoms with E-state index in [1.54, 1.807) is 24.3 Å². The number of aryl methyl sites for hydroxylation is 1. The molecule has 0 bridgehead atoms. The van der Waals surface area contributed by atoms with Crippen molar-refractivity contribution in [2.24, 2.45) is 0 Å². The Morgan fingerprint density at radius 1 is 1.13 bits per heavy atom. The van der Waals surface area contributed by atoms with Crippen LogP contribution in [0.5, 0.6) is 5.75 Å². The standard InChI is InChI=1S/C20H21ClN4O4S2/c1-3-5-18-23-24-20(30-18)22-19(26)16-12-15(10-11-17(16)21)31(27,28)25-13-6-8-14(9-7-13)29-4-2/h6-12,25H,3-5H2,1-2H3,(H,22,24,26). The fraction of sp³-hybridized carbons (Fsp3) is 0.250. The van der Waals surface area contributed by atoms with Crippen molar-refractivity contribution in [3.63, 3.8) is 0 Å². The van der Waals surface area contributed by atoms with E-state index in [9.17, 15) is 13.2 Å². The Kier molecular flexibility index (Phi) is 7.47. The lowest BCUT2D eigenvalue weighted by Crippen LogP contribution is -2.16. The van der Waals surface area contributed by atoms with Gasteiger partial charge < -0.3 is 4.74 Å². The molecule has 3 rings (SSSR count). The van der Waals surface area contributed by atoms with Gasteiger partial charge in [0.15, 0.2) is 0 Å². The van der Waals surface area contributed by atoms with Crippen LogP contribution in [0.25, 0.3) is 0 Å². The average Bonchev–Trinajstić information content (AvgIpc) is 3.16. The highest BCUT2D eigenvalue weighted by molar-refractivity contribution is 7.92. The van der Waals surface area contributed by atoms with Gasteiger partial charge in [0, 0.05) is 12.1 Å². The van der Waals surface area contributed by atoms with E-state index in [-0.39, 0.29) is 15.5 Å². The molecule has 2 aromatic carbocycles. The number of rotatable bonds is 9. The molecule has 1 heterocycles. The Labute approximate surface area is 189 Å². The van der Waals surface area contributed by atoms with E-state index in [2.05, 4.69) is 20.2 Å². The number of carbonyl (C=O) groups is 1. The Bertz CT molecular complexity index is 1160.